The van der Waals surface area contributed by atoms with E-state index in [1.165, 1.54) is 0 Å². The van der Waals surface area contributed by atoms with Gasteiger partial charge in [0.25, 0.3) is 0 Å². The standard InChI is InChI=1S/C17H26N4O2.ClH/c1-13-5-3-7-15(11-13)20-17(23)21-10-4-6-14(12-21)16(22)19-9-8-18-2;/h3,5,7,11,14,18H,4,6,8-10,12H2,1-2H3,(H,19,22)(H,20,23);1H. The van der Waals surface area contributed by atoms with E-state index in [4.69, 9.17) is 0 Å². The lowest BCUT2D eigenvalue weighted by Crippen LogP contribution is -2.47. The van der Waals surface area contributed by atoms with Crippen molar-refractivity contribution in [3.8, 4) is 0 Å². The maximum absolute atomic E-state index is 12.4. The number of aryl methyl sites for hydroxylation is 1. The van der Waals surface area contributed by atoms with E-state index in [0.29, 0.717) is 19.6 Å². The molecule has 0 aliphatic carbocycles. The molecular weight excluding hydrogens is 328 g/mol. The number of hydrogen-bond acceptors (Lipinski definition) is 3. The summed E-state index contributed by atoms with van der Waals surface area (Å²) in [5, 5.41) is 8.82. The van der Waals surface area contributed by atoms with Gasteiger partial charge in [-0.25, -0.2) is 4.79 Å². The Morgan fingerprint density at radius 1 is 1.29 bits per heavy atom. The number of nitrogens with one attached hydrogen (secondary N) is 3. The quantitative estimate of drug-likeness (QED) is 0.708. The number of rotatable bonds is 5. The molecule has 1 heterocycles. The summed E-state index contributed by atoms with van der Waals surface area (Å²) in [7, 11) is 1.85. The van der Waals surface area contributed by atoms with Crippen LogP contribution in [-0.4, -0.2) is 50.1 Å². The lowest BCUT2D eigenvalue weighted by atomic mass is 9.97. The monoisotopic (exact) mass is 354 g/mol. The van der Waals surface area contributed by atoms with Gasteiger partial charge in [0.1, 0.15) is 0 Å². The van der Waals surface area contributed by atoms with Crippen LogP contribution in [0.2, 0.25) is 0 Å². The van der Waals surface area contributed by atoms with Gasteiger partial charge in [-0.1, -0.05) is 12.1 Å². The molecule has 1 aliphatic heterocycles. The first-order valence-electron chi connectivity index (χ1n) is 8.15. The summed E-state index contributed by atoms with van der Waals surface area (Å²) in [5.41, 5.74) is 1.89. The van der Waals surface area contributed by atoms with E-state index >= 15 is 0 Å². The molecule has 0 aromatic heterocycles. The third-order valence-corrected chi connectivity index (χ3v) is 4.02. The molecule has 3 N–H and O–H groups in total. The highest BCUT2D eigenvalue weighted by atomic mass is 35.5. The van der Waals surface area contributed by atoms with Gasteiger partial charge in [-0.15, -0.1) is 12.4 Å². The number of benzene rings is 1. The molecule has 6 nitrogen and oxygen atoms in total. The molecule has 1 atom stereocenters. The lowest BCUT2D eigenvalue weighted by molar-refractivity contribution is -0.126. The first-order chi connectivity index (χ1) is 11.1. The second-order valence-electron chi connectivity index (χ2n) is 5.98. The van der Waals surface area contributed by atoms with Crippen molar-refractivity contribution < 1.29 is 9.59 Å². The first-order valence-corrected chi connectivity index (χ1v) is 8.15. The molecule has 1 aliphatic rings. The molecule has 0 saturated carbocycles. The van der Waals surface area contributed by atoms with Gasteiger partial charge in [0, 0.05) is 31.9 Å². The van der Waals surface area contributed by atoms with Crippen LogP contribution in [0.4, 0.5) is 10.5 Å². The molecule has 1 aromatic rings. The van der Waals surface area contributed by atoms with E-state index < -0.39 is 0 Å². The normalized spacial score (nSPS) is 16.9. The molecule has 1 aromatic carbocycles. The van der Waals surface area contributed by atoms with Gasteiger partial charge < -0.3 is 20.9 Å². The van der Waals surface area contributed by atoms with Crippen molar-refractivity contribution in [2.75, 3.05) is 38.5 Å². The molecule has 1 fully saturated rings. The fourth-order valence-corrected chi connectivity index (χ4v) is 2.76. The number of likely N-dealkylation sites (tertiary alicyclic amines) is 1. The number of hydrogen-bond donors (Lipinski definition) is 3. The summed E-state index contributed by atoms with van der Waals surface area (Å²) in [6, 6.07) is 7.57. The van der Waals surface area contributed by atoms with Gasteiger partial charge >= 0.3 is 6.03 Å². The maximum Gasteiger partial charge on any atom is 0.321 e. The van der Waals surface area contributed by atoms with E-state index in [-0.39, 0.29) is 30.3 Å². The first kappa shape index (κ1) is 20.3. The van der Waals surface area contributed by atoms with Crippen LogP contribution in [0.3, 0.4) is 0 Å². The van der Waals surface area contributed by atoms with Crippen LogP contribution in [0.25, 0.3) is 0 Å². The largest absolute Gasteiger partial charge is 0.355 e. The van der Waals surface area contributed by atoms with Crippen molar-refractivity contribution in [3.63, 3.8) is 0 Å². The number of halogens is 1. The van der Waals surface area contributed by atoms with E-state index in [2.05, 4.69) is 16.0 Å². The number of likely N-dealkylation sites (N-methyl/N-ethyl adjacent to an activating group) is 1. The second-order valence-corrected chi connectivity index (χ2v) is 5.98. The van der Waals surface area contributed by atoms with Gasteiger partial charge in [0.05, 0.1) is 5.92 Å². The van der Waals surface area contributed by atoms with Crippen molar-refractivity contribution in [1.82, 2.24) is 15.5 Å². The smallest absolute Gasteiger partial charge is 0.321 e. The average Bonchev–Trinajstić information content (AvgIpc) is 2.55. The Bertz CT molecular complexity index is 553. The van der Waals surface area contributed by atoms with Crippen LogP contribution < -0.4 is 16.0 Å². The van der Waals surface area contributed by atoms with E-state index in [1.54, 1.807) is 4.90 Å². The Morgan fingerprint density at radius 3 is 2.79 bits per heavy atom. The predicted molar refractivity (Wildman–Crippen MR) is 98.7 cm³/mol. The molecule has 24 heavy (non-hydrogen) atoms. The van der Waals surface area contributed by atoms with Crippen LogP contribution in [0, 0.1) is 12.8 Å². The lowest BCUT2D eigenvalue weighted by Gasteiger charge is -2.32. The third-order valence-electron chi connectivity index (χ3n) is 4.02. The van der Waals surface area contributed by atoms with Gasteiger partial charge in [-0.2, -0.15) is 0 Å². The zero-order chi connectivity index (χ0) is 16.7. The van der Waals surface area contributed by atoms with Crippen molar-refractivity contribution in [1.29, 1.82) is 0 Å². The Hall–Kier alpha value is -1.79. The summed E-state index contributed by atoms with van der Waals surface area (Å²) in [6.45, 7) is 4.51. The molecule has 0 radical (unpaired) electrons. The minimum atomic E-state index is -0.136. The Kier molecular flexibility index (Phi) is 8.57. The number of anilines is 1. The average molecular weight is 355 g/mol. The Balaban J connectivity index is 0.00000288. The highest BCUT2D eigenvalue weighted by Gasteiger charge is 2.28. The topological polar surface area (TPSA) is 73.5 Å². The van der Waals surface area contributed by atoms with Crippen molar-refractivity contribution in [3.05, 3.63) is 29.8 Å². The van der Waals surface area contributed by atoms with Gasteiger partial charge in [-0.05, 0) is 44.5 Å². The van der Waals surface area contributed by atoms with Crippen molar-refractivity contribution >= 4 is 30.0 Å². The van der Waals surface area contributed by atoms with Gasteiger partial charge in [0.2, 0.25) is 5.91 Å². The van der Waals surface area contributed by atoms with Crippen LogP contribution in [0.15, 0.2) is 24.3 Å². The minimum absolute atomic E-state index is 0. The van der Waals surface area contributed by atoms with Crippen LogP contribution in [0.5, 0.6) is 0 Å². The molecule has 0 spiro atoms. The molecular formula is C17H27ClN4O2. The number of piperidine rings is 1. The molecule has 1 saturated heterocycles. The molecule has 7 heteroatoms. The van der Waals surface area contributed by atoms with E-state index in [1.807, 2.05) is 38.2 Å². The third kappa shape index (κ3) is 6.02. The highest BCUT2D eigenvalue weighted by molar-refractivity contribution is 5.90. The maximum atomic E-state index is 12.4. The molecule has 3 amide bonds. The summed E-state index contributed by atoms with van der Waals surface area (Å²) >= 11 is 0. The molecule has 1 unspecified atom stereocenters. The van der Waals surface area contributed by atoms with Gasteiger partial charge in [0.15, 0.2) is 0 Å². The van der Waals surface area contributed by atoms with Crippen molar-refractivity contribution in [2.45, 2.75) is 19.8 Å². The zero-order valence-electron chi connectivity index (χ0n) is 14.3. The SMILES string of the molecule is CNCCNC(=O)C1CCCN(C(=O)Nc2cccc(C)c2)C1.Cl. The van der Waals surface area contributed by atoms with Crippen LogP contribution in [-0.2, 0) is 4.79 Å². The summed E-state index contributed by atoms with van der Waals surface area (Å²) in [5.74, 6) is -0.0860. The summed E-state index contributed by atoms with van der Waals surface area (Å²) in [4.78, 5) is 26.3. The van der Waals surface area contributed by atoms with Gasteiger partial charge in [-0.3, -0.25) is 4.79 Å². The molecule has 2 rings (SSSR count). The van der Waals surface area contributed by atoms with E-state index in [0.717, 1.165) is 30.6 Å². The van der Waals surface area contributed by atoms with Crippen LogP contribution >= 0.6 is 12.4 Å². The number of amides is 3. The fourth-order valence-electron chi connectivity index (χ4n) is 2.76. The number of carbonyl (C=O) groups excluding carboxylic acids is 2. The number of urea groups is 1. The number of nitrogens with zero attached hydrogens (tertiary/aromatic N) is 1. The molecule has 134 valence electrons. The number of carbonyl (C=O) groups is 2. The second kappa shape index (κ2) is 10.2. The Labute approximate surface area is 149 Å². The predicted octanol–water partition coefficient (Wildman–Crippen LogP) is 2.00. The van der Waals surface area contributed by atoms with E-state index in [9.17, 15) is 9.59 Å². The summed E-state index contributed by atoms with van der Waals surface area (Å²) < 4.78 is 0. The fraction of sp³-hybridized carbons (Fsp3) is 0.529. The molecule has 0 bridgehead atoms. The highest BCUT2D eigenvalue weighted by Crippen LogP contribution is 2.18. The minimum Gasteiger partial charge on any atom is -0.355 e. The van der Waals surface area contributed by atoms with Crippen LogP contribution in [0.1, 0.15) is 18.4 Å². The van der Waals surface area contributed by atoms with Crippen molar-refractivity contribution in [2.24, 2.45) is 5.92 Å². The Morgan fingerprint density at radius 2 is 2.08 bits per heavy atom. The summed E-state index contributed by atoms with van der Waals surface area (Å²) in [6.07, 6.45) is 1.69. The zero-order valence-corrected chi connectivity index (χ0v) is 15.1.